The van der Waals surface area contributed by atoms with Gasteiger partial charge in [-0.3, -0.25) is 9.48 Å². The molecular formula is C32H37N9O4. The number of ether oxygens (including phenoxy) is 2. The Balaban J connectivity index is 1.27. The predicted molar refractivity (Wildman–Crippen MR) is 171 cm³/mol. The molecule has 1 fully saturated rings. The van der Waals surface area contributed by atoms with E-state index in [1.807, 2.05) is 56.8 Å². The van der Waals surface area contributed by atoms with E-state index in [2.05, 4.69) is 22.0 Å². The first-order valence-electron chi connectivity index (χ1n) is 15.0. The van der Waals surface area contributed by atoms with Crippen molar-refractivity contribution < 1.29 is 14.3 Å². The topological polar surface area (TPSA) is 134 Å². The smallest absolute Gasteiger partial charge is 0.410 e. The molecule has 5 heterocycles. The van der Waals surface area contributed by atoms with Crippen LogP contribution in [0, 0.1) is 0 Å². The van der Waals surface area contributed by atoms with Gasteiger partial charge in [0.2, 0.25) is 11.8 Å². The van der Waals surface area contributed by atoms with Crippen molar-refractivity contribution in [3.05, 3.63) is 71.8 Å². The molecule has 0 bridgehead atoms. The third-order valence-electron chi connectivity index (χ3n) is 7.52. The van der Waals surface area contributed by atoms with Gasteiger partial charge in [0, 0.05) is 49.9 Å². The average Bonchev–Trinajstić information content (AvgIpc) is 3.37. The maximum absolute atomic E-state index is 13.4. The van der Waals surface area contributed by atoms with Crippen LogP contribution in [0.4, 0.5) is 16.4 Å². The van der Waals surface area contributed by atoms with Crippen LogP contribution in [-0.4, -0.2) is 69.9 Å². The minimum atomic E-state index is -0.547. The van der Waals surface area contributed by atoms with Gasteiger partial charge in [-0.05, 0) is 57.9 Å². The second-order valence-corrected chi connectivity index (χ2v) is 12.1. The van der Waals surface area contributed by atoms with Crippen molar-refractivity contribution in [2.75, 3.05) is 18.4 Å². The lowest BCUT2D eigenvalue weighted by molar-refractivity contribution is 0.0252. The highest BCUT2D eigenvalue weighted by Crippen LogP contribution is 2.24. The second kappa shape index (κ2) is 12.1. The molecule has 234 valence electrons. The van der Waals surface area contributed by atoms with E-state index >= 15 is 0 Å². The summed E-state index contributed by atoms with van der Waals surface area (Å²) in [7, 11) is 1.89. The van der Waals surface area contributed by atoms with Gasteiger partial charge in [-0.1, -0.05) is 12.1 Å². The van der Waals surface area contributed by atoms with Gasteiger partial charge < -0.3 is 19.7 Å². The number of nitrogens with zero attached hydrogens (tertiary/aromatic N) is 8. The molecule has 0 spiro atoms. The molecule has 1 aromatic carbocycles. The van der Waals surface area contributed by atoms with E-state index in [9.17, 15) is 9.59 Å². The van der Waals surface area contributed by atoms with E-state index in [1.54, 1.807) is 34.0 Å². The molecule has 1 saturated heterocycles. The SMILES string of the molecule is C=CCn1c(=O)c2cnc(Nc3ccc4c(cnn4C)c3)nc2n1-c1cccc(OC2CCCN(C(=O)OC(C)(C)C)CC2)n1. The van der Waals surface area contributed by atoms with Gasteiger partial charge in [-0.15, -0.1) is 6.58 Å². The summed E-state index contributed by atoms with van der Waals surface area (Å²) in [5.74, 6) is 1.21. The summed E-state index contributed by atoms with van der Waals surface area (Å²) in [5, 5.41) is 8.87. The molecule has 5 aromatic rings. The number of amides is 1. The van der Waals surface area contributed by atoms with Crippen LogP contribution in [0.15, 0.2) is 66.2 Å². The van der Waals surface area contributed by atoms with E-state index in [-0.39, 0.29) is 24.3 Å². The number of allylic oxidation sites excluding steroid dienone is 1. The number of anilines is 2. The second-order valence-electron chi connectivity index (χ2n) is 12.1. The minimum absolute atomic E-state index is 0.132. The van der Waals surface area contributed by atoms with E-state index in [0.717, 1.165) is 29.4 Å². The number of pyridine rings is 1. The van der Waals surface area contributed by atoms with E-state index < -0.39 is 5.60 Å². The molecule has 1 N–H and O–H groups in total. The lowest BCUT2D eigenvalue weighted by Gasteiger charge is -2.26. The van der Waals surface area contributed by atoms with E-state index in [1.165, 1.54) is 10.9 Å². The number of likely N-dealkylation sites (tertiary alicyclic amines) is 1. The molecule has 4 aromatic heterocycles. The number of benzene rings is 1. The molecule has 0 aliphatic carbocycles. The number of aryl methyl sites for hydroxylation is 1. The number of carbonyl (C=O) groups is 1. The lowest BCUT2D eigenvalue weighted by Crippen LogP contribution is -2.37. The van der Waals surface area contributed by atoms with Gasteiger partial charge >= 0.3 is 6.09 Å². The van der Waals surface area contributed by atoms with Crippen molar-refractivity contribution in [3.63, 3.8) is 0 Å². The zero-order chi connectivity index (χ0) is 31.7. The Morgan fingerprint density at radius 1 is 1.13 bits per heavy atom. The zero-order valence-corrected chi connectivity index (χ0v) is 25.9. The summed E-state index contributed by atoms with van der Waals surface area (Å²) in [4.78, 5) is 41.7. The van der Waals surface area contributed by atoms with Crippen LogP contribution in [-0.2, 0) is 18.3 Å². The first-order chi connectivity index (χ1) is 21.6. The molecule has 1 unspecified atom stereocenters. The van der Waals surface area contributed by atoms with Gasteiger partial charge in [0.15, 0.2) is 11.5 Å². The first kappa shape index (κ1) is 29.9. The molecule has 1 aliphatic rings. The summed E-state index contributed by atoms with van der Waals surface area (Å²) in [5.41, 5.74) is 1.39. The van der Waals surface area contributed by atoms with Crippen molar-refractivity contribution in [1.29, 1.82) is 0 Å². The number of hydrogen-bond acceptors (Lipinski definition) is 9. The van der Waals surface area contributed by atoms with E-state index in [0.29, 0.717) is 48.2 Å². The molecule has 1 atom stereocenters. The normalized spacial score (nSPS) is 15.6. The zero-order valence-electron chi connectivity index (χ0n) is 25.9. The van der Waals surface area contributed by atoms with Crippen molar-refractivity contribution in [2.45, 2.75) is 58.3 Å². The average molecular weight is 612 g/mol. The first-order valence-corrected chi connectivity index (χ1v) is 15.0. The maximum Gasteiger partial charge on any atom is 0.410 e. The highest BCUT2D eigenvalue weighted by Gasteiger charge is 2.26. The van der Waals surface area contributed by atoms with Crippen molar-refractivity contribution in [1.82, 2.24) is 39.0 Å². The monoisotopic (exact) mass is 611 g/mol. The third-order valence-corrected chi connectivity index (χ3v) is 7.52. The van der Waals surface area contributed by atoms with Crippen molar-refractivity contribution in [2.24, 2.45) is 7.05 Å². The number of rotatable bonds is 7. The van der Waals surface area contributed by atoms with Crippen LogP contribution in [0.2, 0.25) is 0 Å². The fourth-order valence-electron chi connectivity index (χ4n) is 5.43. The predicted octanol–water partition coefficient (Wildman–Crippen LogP) is 4.96. The highest BCUT2D eigenvalue weighted by molar-refractivity contribution is 5.83. The molecule has 0 radical (unpaired) electrons. The largest absolute Gasteiger partial charge is 0.474 e. The Morgan fingerprint density at radius 3 is 2.78 bits per heavy atom. The molecule has 6 rings (SSSR count). The molecular weight excluding hydrogens is 574 g/mol. The summed E-state index contributed by atoms with van der Waals surface area (Å²) in [6.45, 7) is 10.8. The van der Waals surface area contributed by atoms with Crippen LogP contribution in [0.3, 0.4) is 0 Å². The summed E-state index contributed by atoms with van der Waals surface area (Å²) in [6, 6.07) is 11.3. The van der Waals surface area contributed by atoms with Crippen LogP contribution in [0.1, 0.15) is 40.0 Å². The van der Waals surface area contributed by atoms with Gasteiger partial charge in [0.25, 0.3) is 5.56 Å². The Morgan fingerprint density at radius 2 is 1.98 bits per heavy atom. The molecule has 0 saturated carbocycles. The Labute approximate surface area is 260 Å². The molecule has 45 heavy (non-hydrogen) atoms. The Hall–Kier alpha value is -5.20. The van der Waals surface area contributed by atoms with Crippen molar-refractivity contribution >= 4 is 39.7 Å². The van der Waals surface area contributed by atoms with Gasteiger partial charge in [-0.25, -0.2) is 19.1 Å². The summed E-state index contributed by atoms with van der Waals surface area (Å²) < 4.78 is 16.9. The standard InChI is InChI=1S/C32H37N9O4/c1-6-15-40-29(42)24-20-33-30(35-22-12-13-25-21(18-22)19-34-38(25)5)37-28(24)41(40)26-10-7-11-27(36-26)44-23-9-8-16-39(17-14-23)31(43)45-32(2,3)4/h6-7,10-13,18-20,23H,1,8-9,14-17H2,2-5H3,(H,33,35,37). The molecule has 1 amide bonds. The number of nitrogens with one attached hydrogen (secondary N) is 1. The summed E-state index contributed by atoms with van der Waals surface area (Å²) in [6.07, 6.45) is 6.72. The number of hydrogen-bond donors (Lipinski definition) is 1. The number of fused-ring (bicyclic) bond motifs is 2. The van der Waals surface area contributed by atoms with Crippen LogP contribution in [0.5, 0.6) is 5.88 Å². The molecule has 1 aliphatic heterocycles. The van der Waals surface area contributed by atoms with Crippen molar-refractivity contribution in [3.8, 4) is 11.7 Å². The summed E-state index contributed by atoms with van der Waals surface area (Å²) >= 11 is 0. The van der Waals surface area contributed by atoms with Gasteiger partial charge in [0.1, 0.15) is 17.1 Å². The maximum atomic E-state index is 13.4. The van der Waals surface area contributed by atoms with Gasteiger partial charge in [-0.2, -0.15) is 15.1 Å². The third kappa shape index (κ3) is 6.37. The van der Waals surface area contributed by atoms with Gasteiger partial charge in [0.05, 0.1) is 18.3 Å². The van der Waals surface area contributed by atoms with Crippen LogP contribution < -0.4 is 15.6 Å². The fraction of sp³-hybridized carbons (Fsp3) is 0.375. The van der Waals surface area contributed by atoms with Crippen LogP contribution >= 0.6 is 0 Å². The fourth-order valence-corrected chi connectivity index (χ4v) is 5.43. The quantitative estimate of drug-likeness (QED) is 0.253. The Kier molecular flexibility index (Phi) is 8.00. The number of aromatic nitrogens is 7. The minimum Gasteiger partial charge on any atom is -0.474 e. The lowest BCUT2D eigenvalue weighted by atomic mass is 10.2. The Bertz CT molecular complexity index is 1930. The van der Waals surface area contributed by atoms with Crippen LogP contribution in [0.25, 0.3) is 27.8 Å². The molecule has 13 heteroatoms. The van der Waals surface area contributed by atoms with E-state index in [4.69, 9.17) is 19.4 Å². The molecule has 13 nitrogen and oxygen atoms in total. The highest BCUT2D eigenvalue weighted by atomic mass is 16.6. The number of carbonyl (C=O) groups excluding carboxylic acids is 1.